The molecule has 0 aromatic heterocycles. The first-order chi connectivity index (χ1) is 25.5. The number of aryl methyl sites for hydroxylation is 2. The van der Waals surface area contributed by atoms with Crippen LogP contribution in [0.5, 0.6) is 0 Å². The Bertz CT molecular complexity index is 2370. The highest BCUT2D eigenvalue weighted by atomic mass is 28.2. The highest BCUT2D eigenvalue weighted by molar-refractivity contribution is 7.00. The second kappa shape index (κ2) is 12.9. The molecule has 0 N–H and O–H groups in total. The molecule has 0 atom stereocenters. The minimum Gasteiger partial charge on any atom is -0.311 e. The molecule has 0 aliphatic carbocycles. The number of para-hydroxylation sites is 1. The second-order valence-corrected chi connectivity index (χ2v) is 20.0. The zero-order valence-corrected chi connectivity index (χ0v) is 35.0. The number of anilines is 6. The Morgan fingerprint density at radius 1 is 0.444 bits per heavy atom. The first-order valence-electron chi connectivity index (χ1n) is 19.6. The van der Waals surface area contributed by atoms with Gasteiger partial charge in [0.2, 0.25) is 0 Å². The molecule has 2 radical (unpaired) electrons. The van der Waals surface area contributed by atoms with Crippen molar-refractivity contribution in [3.63, 3.8) is 0 Å². The summed E-state index contributed by atoms with van der Waals surface area (Å²) < 4.78 is 0. The molecule has 6 aromatic rings. The molecule has 2 nitrogen and oxygen atoms in total. The van der Waals surface area contributed by atoms with E-state index in [1.54, 1.807) is 0 Å². The van der Waals surface area contributed by atoms with Gasteiger partial charge in [-0.2, -0.15) is 0 Å². The third-order valence-corrected chi connectivity index (χ3v) is 12.7. The monoisotopic (exact) mass is 720 g/mol. The van der Waals surface area contributed by atoms with Crippen LogP contribution in [0.2, 0.25) is 0 Å². The summed E-state index contributed by atoms with van der Waals surface area (Å²) in [5.41, 5.74) is 18.3. The Morgan fingerprint density at radius 3 is 1.59 bits per heavy atom. The van der Waals surface area contributed by atoms with Gasteiger partial charge < -0.3 is 9.80 Å². The van der Waals surface area contributed by atoms with Gasteiger partial charge in [-0.15, -0.1) is 0 Å². The van der Waals surface area contributed by atoms with E-state index in [0.717, 1.165) is 0 Å². The highest BCUT2D eigenvalue weighted by Gasteiger charge is 2.45. The normalized spacial score (nSPS) is 13.8. The highest BCUT2D eigenvalue weighted by Crippen LogP contribution is 2.47. The Labute approximate surface area is 327 Å². The van der Waals surface area contributed by atoms with Crippen molar-refractivity contribution in [3.05, 3.63) is 149 Å². The van der Waals surface area contributed by atoms with Crippen molar-refractivity contribution in [2.24, 2.45) is 0 Å². The van der Waals surface area contributed by atoms with E-state index in [9.17, 15) is 0 Å². The van der Waals surface area contributed by atoms with Crippen LogP contribution in [0.1, 0.15) is 90.1 Å². The second-order valence-electron chi connectivity index (χ2n) is 18.6. The van der Waals surface area contributed by atoms with Crippen molar-refractivity contribution < 1.29 is 0 Å². The quantitative estimate of drug-likeness (QED) is 0.167. The predicted molar refractivity (Wildman–Crippen MR) is 238 cm³/mol. The number of fused-ring (bicyclic) bond motifs is 4. The van der Waals surface area contributed by atoms with E-state index >= 15 is 0 Å². The van der Waals surface area contributed by atoms with Crippen LogP contribution in [-0.2, 0) is 16.2 Å². The first-order valence-corrected chi connectivity index (χ1v) is 20.6. The lowest BCUT2D eigenvalue weighted by atomic mass is 9.33. The molecule has 0 saturated heterocycles. The minimum absolute atomic E-state index is 0.00571. The molecule has 0 unspecified atom stereocenters. The van der Waals surface area contributed by atoms with Crippen LogP contribution in [0.3, 0.4) is 0 Å². The Balaban J connectivity index is 1.49. The molecular formula is C50H53BN2Si. The maximum absolute atomic E-state index is 2.61. The van der Waals surface area contributed by atoms with E-state index in [4.69, 9.17) is 0 Å². The molecule has 0 amide bonds. The van der Waals surface area contributed by atoms with Crippen LogP contribution in [0.4, 0.5) is 34.1 Å². The average molecular weight is 721 g/mol. The zero-order chi connectivity index (χ0) is 38.3. The van der Waals surface area contributed by atoms with Crippen LogP contribution in [-0.4, -0.2) is 16.2 Å². The SMILES string of the molecule is Cc1cccc(C)c1N1c2ccc([Si]c3ccccc3)cc2B2c3cc(C(C)(C)C)ccc3N(c3ccc(C(C)(C)C)cc3)c3cc(C(C)(C)C)cc1c32. The van der Waals surface area contributed by atoms with Gasteiger partial charge in [-0.25, -0.2) is 0 Å². The number of hydrogen-bond donors (Lipinski definition) is 0. The molecule has 6 aromatic carbocycles. The fourth-order valence-electron chi connectivity index (χ4n) is 8.46. The number of benzene rings is 6. The topological polar surface area (TPSA) is 6.48 Å². The van der Waals surface area contributed by atoms with Crippen molar-refractivity contribution in [2.75, 3.05) is 9.80 Å². The van der Waals surface area contributed by atoms with E-state index in [1.807, 2.05) is 0 Å². The standard InChI is InChI=1S/C50H53BN2Si/c1-32-16-15-17-33(2)47(32)53-43-27-25-39(54-38-18-13-12-14-19-38)31-41(43)51-40-28-35(49(6,7)8)22-26-42(40)52(37-23-20-34(21-24-37)48(3,4)5)44-29-36(50(9,10)11)30-45(53)46(44)51/h12-31H,1-11H3. The number of rotatable bonds is 4. The summed E-state index contributed by atoms with van der Waals surface area (Å²) in [5, 5.41) is 2.73. The van der Waals surface area contributed by atoms with E-state index in [2.05, 4.69) is 207 Å². The van der Waals surface area contributed by atoms with Gasteiger partial charge in [-0.1, -0.05) is 158 Å². The third kappa shape index (κ3) is 6.23. The summed E-state index contributed by atoms with van der Waals surface area (Å²) >= 11 is 0. The summed E-state index contributed by atoms with van der Waals surface area (Å²) in [4.78, 5) is 5.18. The molecule has 0 saturated carbocycles. The molecule has 2 heterocycles. The smallest absolute Gasteiger partial charge is 0.252 e. The van der Waals surface area contributed by atoms with Crippen LogP contribution >= 0.6 is 0 Å². The largest absolute Gasteiger partial charge is 0.311 e. The van der Waals surface area contributed by atoms with E-state index in [1.165, 1.54) is 88.7 Å². The maximum atomic E-state index is 2.61. The predicted octanol–water partition coefficient (Wildman–Crippen LogP) is 9.93. The molecule has 8 rings (SSSR count). The summed E-state index contributed by atoms with van der Waals surface area (Å²) in [6.45, 7) is 25.6. The van der Waals surface area contributed by atoms with E-state index < -0.39 is 0 Å². The van der Waals surface area contributed by atoms with Crippen molar-refractivity contribution in [1.29, 1.82) is 0 Å². The number of nitrogens with zero attached hydrogens (tertiary/aromatic N) is 2. The lowest BCUT2D eigenvalue weighted by Gasteiger charge is -2.46. The lowest BCUT2D eigenvalue weighted by Crippen LogP contribution is -2.62. The lowest BCUT2D eigenvalue weighted by molar-refractivity contribution is 0.589. The molecule has 0 bridgehead atoms. The Kier molecular flexibility index (Phi) is 8.65. The van der Waals surface area contributed by atoms with Crippen LogP contribution < -0.4 is 36.6 Å². The summed E-state index contributed by atoms with van der Waals surface area (Å²) in [6, 6.07) is 46.7. The van der Waals surface area contributed by atoms with Gasteiger partial charge in [-0.3, -0.25) is 0 Å². The van der Waals surface area contributed by atoms with E-state index in [-0.39, 0.29) is 23.0 Å². The molecule has 2 aliphatic rings. The van der Waals surface area contributed by atoms with Gasteiger partial charge in [0.25, 0.3) is 6.71 Å². The number of hydrogen-bond acceptors (Lipinski definition) is 2. The fraction of sp³-hybridized carbons (Fsp3) is 0.280. The van der Waals surface area contributed by atoms with Gasteiger partial charge in [0, 0.05) is 28.4 Å². The Hall–Kier alpha value is -4.80. The van der Waals surface area contributed by atoms with Crippen molar-refractivity contribution in [2.45, 2.75) is 92.4 Å². The molecule has 0 spiro atoms. The first kappa shape index (κ1) is 36.2. The average Bonchev–Trinajstić information content (AvgIpc) is 3.11. The Morgan fingerprint density at radius 2 is 0.981 bits per heavy atom. The van der Waals surface area contributed by atoms with Crippen molar-refractivity contribution in [1.82, 2.24) is 0 Å². The van der Waals surface area contributed by atoms with Gasteiger partial charge in [0.1, 0.15) is 9.52 Å². The van der Waals surface area contributed by atoms with Crippen LogP contribution in [0.15, 0.2) is 121 Å². The summed E-state index contributed by atoms with van der Waals surface area (Å²) in [5.74, 6) is 0. The fourth-order valence-corrected chi connectivity index (χ4v) is 9.55. The summed E-state index contributed by atoms with van der Waals surface area (Å²) in [6.07, 6.45) is 0. The van der Waals surface area contributed by atoms with Crippen molar-refractivity contribution in [3.8, 4) is 0 Å². The molecular weight excluding hydrogens is 667 g/mol. The van der Waals surface area contributed by atoms with E-state index in [0.29, 0.717) is 9.52 Å². The van der Waals surface area contributed by atoms with Gasteiger partial charge in [-0.05, 0) is 111 Å². The minimum atomic E-state index is -0.0630. The molecule has 270 valence electrons. The molecule has 0 fully saturated rings. The molecule has 54 heavy (non-hydrogen) atoms. The van der Waals surface area contributed by atoms with Gasteiger partial charge >= 0.3 is 0 Å². The van der Waals surface area contributed by atoms with Crippen LogP contribution in [0.25, 0.3) is 0 Å². The zero-order valence-electron chi connectivity index (χ0n) is 34.0. The third-order valence-electron chi connectivity index (χ3n) is 11.5. The summed E-state index contributed by atoms with van der Waals surface area (Å²) in [7, 11) is 0.580. The van der Waals surface area contributed by atoms with Gasteiger partial charge in [0.15, 0.2) is 0 Å². The van der Waals surface area contributed by atoms with Crippen molar-refractivity contribution >= 4 is 77.1 Å². The molecule has 4 heteroatoms. The van der Waals surface area contributed by atoms with Gasteiger partial charge in [0.05, 0.1) is 5.69 Å². The van der Waals surface area contributed by atoms with Crippen LogP contribution in [0, 0.1) is 13.8 Å². The maximum Gasteiger partial charge on any atom is 0.252 e. The molecule has 2 aliphatic heterocycles.